The topological polar surface area (TPSA) is 89.8 Å². The summed E-state index contributed by atoms with van der Waals surface area (Å²) in [5, 5.41) is 7.88. The van der Waals surface area contributed by atoms with Crippen molar-refractivity contribution in [1.82, 2.24) is 19.7 Å². The van der Waals surface area contributed by atoms with Crippen LogP contribution in [0, 0.1) is 5.82 Å². The molecule has 1 N–H and O–H groups in total. The van der Waals surface area contributed by atoms with Crippen molar-refractivity contribution < 1.29 is 12.8 Å². The predicted octanol–water partition coefficient (Wildman–Crippen LogP) is 1.79. The lowest BCUT2D eigenvalue weighted by Crippen LogP contribution is -2.05. The second-order valence-corrected chi connectivity index (χ2v) is 6.95. The van der Waals surface area contributed by atoms with Gasteiger partial charge in [-0.05, 0) is 25.1 Å². The molecule has 1 aromatic carbocycles. The first kappa shape index (κ1) is 15.3. The Balaban J connectivity index is 2.16. The zero-order valence-corrected chi connectivity index (χ0v) is 13.3. The van der Waals surface area contributed by atoms with Crippen LogP contribution in [0.4, 0.5) is 10.2 Å². The molecule has 0 fully saturated rings. The molecular formula is C14H14FN5O2S. The summed E-state index contributed by atoms with van der Waals surface area (Å²) in [7, 11) is -3.47. The van der Waals surface area contributed by atoms with Gasteiger partial charge in [0.05, 0.1) is 16.5 Å². The van der Waals surface area contributed by atoms with Gasteiger partial charge in [-0.25, -0.2) is 27.5 Å². The Kier molecular flexibility index (Phi) is 3.72. The number of fused-ring (bicyclic) bond motifs is 1. The van der Waals surface area contributed by atoms with Gasteiger partial charge in [0.1, 0.15) is 23.6 Å². The Morgan fingerprint density at radius 3 is 2.74 bits per heavy atom. The van der Waals surface area contributed by atoms with Crippen molar-refractivity contribution in [3.05, 3.63) is 36.5 Å². The van der Waals surface area contributed by atoms with Crippen LogP contribution in [0.3, 0.4) is 0 Å². The number of hydrogen-bond acceptors (Lipinski definition) is 6. The Hall–Kier alpha value is -2.55. The van der Waals surface area contributed by atoms with Crippen molar-refractivity contribution in [2.45, 2.75) is 11.8 Å². The molecule has 3 aromatic rings. The number of hydrogen-bond donors (Lipinski definition) is 1. The summed E-state index contributed by atoms with van der Waals surface area (Å²) < 4.78 is 38.6. The minimum absolute atomic E-state index is 0.0850. The zero-order valence-electron chi connectivity index (χ0n) is 12.5. The third kappa shape index (κ3) is 2.74. The maximum Gasteiger partial charge on any atom is 0.175 e. The van der Waals surface area contributed by atoms with Gasteiger partial charge in [-0.3, -0.25) is 0 Å². The van der Waals surface area contributed by atoms with Crippen LogP contribution < -0.4 is 5.32 Å². The molecule has 3 rings (SSSR count). The van der Waals surface area contributed by atoms with Gasteiger partial charge in [-0.1, -0.05) is 0 Å². The van der Waals surface area contributed by atoms with Gasteiger partial charge in [-0.2, -0.15) is 5.10 Å². The fourth-order valence-corrected chi connectivity index (χ4v) is 2.85. The molecular weight excluding hydrogens is 321 g/mol. The Morgan fingerprint density at radius 1 is 1.30 bits per heavy atom. The highest BCUT2D eigenvalue weighted by molar-refractivity contribution is 7.90. The lowest BCUT2D eigenvalue weighted by molar-refractivity contribution is 0.592. The second-order valence-electron chi connectivity index (χ2n) is 4.93. The lowest BCUT2D eigenvalue weighted by atomic mass is 10.3. The quantitative estimate of drug-likeness (QED) is 0.782. The van der Waals surface area contributed by atoms with Crippen LogP contribution in [0.2, 0.25) is 0 Å². The maximum absolute atomic E-state index is 14.3. The van der Waals surface area contributed by atoms with Gasteiger partial charge in [0.25, 0.3) is 0 Å². The number of aromatic nitrogens is 4. The monoisotopic (exact) mass is 335 g/mol. The van der Waals surface area contributed by atoms with E-state index in [9.17, 15) is 12.8 Å². The molecule has 0 saturated heterocycles. The van der Waals surface area contributed by atoms with Gasteiger partial charge in [0.15, 0.2) is 15.5 Å². The van der Waals surface area contributed by atoms with Crippen LogP contribution in [0.5, 0.6) is 0 Å². The van der Waals surface area contributed by atoms with E-state index in [1.165, 1.54) is 29.3 Å². The van der Waals surface area contributed by atoms with E-state index >= 15 is 0 Å². The standard InChI is InChI=1S/C14H14FN5O2S/c1-3-16-13-10-7-19-20(14(10)18-8-17-13)12-5-4-9(6-11(12)15)23(2,21)22/h4-8H,3H2,1-2H3,(H,16,17,18). The van der Waals surface area contributed by atoms with Crippen molar-refractivity contribution >= 4 is 26.7 Å². The van der Waals surface area contributed by atoms with E-state index in [4.69, 9.17) is 0 Å². The predicted molar refractivity (Wildman–Crippen MR) is 83.9 cm³/mol. The van der Waals surface area contributed by atoms with Gasteiger partial charge < -0.3 is 5.32 Å². The second kappa shape index (κ2) is 5.58. The van der Waals surface area contributed by atoms with Crippen LogP contribution in [-0.4, -0.2) is 41.0 Å². The highest BCUT2D eigenvalue weighted by atomic mass is 32.2. The molecule has 0 radical (unpaired) electrons. The van der Waals surface area contributed by atoms with Crippen LogP contribution in [0.1, 0.15) is 6.92 Å². The van der Waals surface area contributed by atoms with Crippen molar-refractivity contribution in [3.63, 3.8) is 0 Å². The first-order chi connectivity index (χ1) is 10.9. The molecule has 0 aliphatic rings. The normalized spacial score (nSPS) is 11.8. The van der Waals surface area contributed by atoms with Crippen molar-refractivity contribution in [2.24, 2.45) is 0 Å². The molecule has 0 atom stereocenters. The number of nitrogens with zero attached hydrogens (tertiary/aromatic N) is 4. The lowest BCUT2D eigenvalue weighted by Gasteiger charge is -2.07. The van der Waals surface area contributed by atoms with E-state index in [1.54, 1.807) is 0 Å². The molecule has 0 unspecified atom stereocenters. The van der Waals surface area contributed by atoms with Gasteiger partial charge >= 0.3 is 0 Å². The molecule has 0 amide bonds. The Morgan fingerprint density at radius 2 is 2.09 bits per heavy atom. The van der Waals surface area contributed by atoms with Crippen LogP contribution in [0.25, 0.3) is 16.7 Å². The molecule has 0 spiro atoms. The SMILES string of the molecule is CCNc1ncnc2c1cnn2-c1ccc(S(C)(=O)=O)cc1F. The smallest absolute Gasteiger partial charge is 0.175 e. The summed E-state index contributed by atoms with van der Waals surface area (Å²) in [4.78, 5) is 8.18. The summed E-state index contributed by atoms with van der Waals surface area (Å²) in [6.45, 7) is 2.61. The molecule has 7 nitrogen and oxygen atoms in total. The van der Waals surface area contributed by atoms with Crippen LogP contribution in [-0.2, 0) is 9.84 Å². The van der Waals surface area contributed by atoms with Gasteiger partial charge in [-0.15, -0.1) is 0 Å². The number of anilines is 1. The molecule has 2 heterocycles. The molecule has 120 valence electrons. The third-order valence-corrected chi connectivity index (χ3v) is 4.40. The fraction of sp³-hybridized carbons (Fsp3) is 0.214. The zero-order chi connectivity index (χ0) is 16.6. The number of sulfone groups is 1. The summed E-state index contributed by atoms with van der Waals surface area (Å²) in [6.07, 6.45) is 3.93. The summed E-state index contributed by atoms with van der Waals surface area (Å²) in [6, 6.07) is 3.69. The van der Waals surface area contributed by atoms with E-state index < -0.39 is 15.7 Å². The van der Waals surface area contributed by atoms with Crippen molar-refractivity contribution in [3.8, 4) is 5.69 Å². The fourth-order valence-electron chi connectivity index (χ4n) is 2.22. The average molecular weight is 335 g/mol. The van der Waals surface area contributed by atoms with E-state index in [2.05, 4.69) is 20.4 Å². The molecule has 0 aliphatic carbocycles. The number of benzene rings is 1. The molecule has 23 heavy (non-hydrogen) atoms. The molecule has 0 aliphatic heterocycles. The largest absolute Gasteiger partial charge is 0.370 e. The maximum atomic E-state index is 14.3. The molecule has 0 bridgehead atoms. The number of rotatable bonds is 4. The highest BCUT2D eigenvalue weighted by Crippen LogP contribution is 2.24. The number of halogens is 1. The highest BCUT2D eigenvalue weighted by Gasteiger charge is 2.16. The number of nitrogens with one attached hydrogen (secondary N) is 1. The third-order valence-electron chi connectivity index (χ3n) is 3.29. The van der Waals surface area contributed by atoms with Crippen LogP contribution >= 0.6 is 0 Å². The molecule has 2 aromatic heterocycles. The minimum atomic E-state index is -3.47. The van der Waals surface area contributed by atoms with Crippen molar-refractivity contribution in [2.75, 3.05) is 18.1 Å². The van der Waals surface area contributed by atoms with E-state index in [0.717, 1.165) is 12.3 Å². The van der Waals surface area contributed by atoms with Crippen molar-refractivity contribution in [1.29, 1.82) is 0 Å². The minimum Gasteiger partial charge on any atom is -0.370 e. The van der Waals surface area contributed by atoms with Gasteiger partial charge in [0.2, 0.25) is 0 Å². The summed E-state index contributed by atoms with van der Waals surface area (Å²) in [5.74, 6) is -0.0848. The van der Waals surface area contributed by atoms with Crippen LogP contribution in [0.15, 0.2) is 35.6 Å². The molecule has 9 heteroatoms. The first-order valence-corrected chi connectivity index (χ1v) is 8.73. The Labute approximate surface area is 132 Å². The summed E-state index contributed by atoms with van der Waals surface area (Å²) in [5.41, 5.74) is 0.551. The van der Waals surface area contributed by atoms with E-state index in [-0.39, 0.29) is 10.6 Å². The Bertz CT molecular complexity index is 984. The van der Waals surface area contributed by atoms with E-state index in [1.807, 2.05) is 6.92 Å². The average Bonchev–Trinajstić information content (AvgIpc) is 2.91. The first-order valence-electron chi connectivity index (χ1n) is 6.84. The van der Waals surface area contributed by atoms with E-state index in [0.29, 0.717) is 23.4 Å². The van der Waals surface area contributed by atoms with Gasteiger partial charge in [0, 0.05) is 12.8 Å². The summed E-state index contributed by atoms with van der Waals surface area (Å²) >= 11 is 0. The molecule has 0 saturated carbocycles.